The highest BCUT2D eigenvalue weighted by atomic mass is 16.3. The third kappa shape index (κ3) is 15.1. The van der Waals surface area contributed by atoms with Gasteiger partial charge in [0.15, 0.2) is 11.2 Å². The molecule has 0 atom stereocenters. The number of anilines is 8. The van der Waals surface area contributed by atoms with Gasteiger partial charge >= 0.3 is 0 Å². The molecule has 8 nitrogen and oxygen atoms in total. The Balaban J connectivity index is 0.000000102. The van der Waals surface area contributed by atoms with Crippen molar-refractivity contribution >= 4 is 219 Å². The number of nitrogens with one attached hydrogen (secondary N) is 4. The first-order valence-electron chi connectivity index (χ1n) is 51.7. The predicted molar refractivity (Wildman–Crippen MR) is 592 cm³/mol. The number of furan rings is 4. The first kappa shape index (κ1) is 71.8. The van der Waals surface area contributed by atoms with Crippen LogP contribution in [0.25, 0.3) is 230 Å². The van der Waals surface area contributed by atoms with E-state index in [1.807, 2.05) is 60.7 Å². The summed E-state index contributed by atoms with van der Waals surface area (Å²) in [5.41, 5.74) is 21.6. The van der Waals surface area contributed by atoms with E-state index < -0.39 is 60.4 Å². The summed E-state index contributed by atoms with van der Waals surface area (Å²) in [7, 11) is 0. The Morgan fingerprint density at radius 1 is 0.157 bits per heavy atom. The van der Waals surface area contributed by atoms with Crippen molar-refractivity contribution in [2.75, 3.05) is 21.3 Å². The van der Waals surface area contributed by atoms with Gasteiger partial charge in [0.05, 0.1) is 25.1 Å². The summed E-state index contributed by atoms with van der Waals surface area (Å²) in [4.78, 5) is 0. The van der Waals surface area contributed by atoms with Crippen LogP contribution in [0.1, 0.15) is 13.7 Å². The van der Waals surface area contributed by atoms with Crippen LogP contribution in [0, 0.1) is 0 Å². The van der Waals surface area contributed by atoms with E-state index in [9.17, 15) is 0 Å². The largest absolute Gasteiger partial charge is 0.455 e. The van der Waals surface area contributed by atoms with E-state index in [-0.39, 0.29) is 22.3 Å². The lowest BCUT2D eigenvalue weighted by Crippen LogP contribution is -1.93. The third-order valence-electron chi connectivity index (χ3n) is 26.8. The molecule has 0 aliphatic rings. The maximum absolute atomic E-state index is 8.56. The molecule has 29 rings (SSSR count). The van der Waals surface area contributed by atoms with Crippen LogP contribution in [-0.2, 0) is 0 Å². The molecule has 0 spiro atoms. The fraction of sp³-hybridized carbons (Fsp3) is 0. The Morgan fingerprint density at radius 3 is 1.16 bits per heavy atom. The summed E-state index contributed by atoms with van der Waals surface area (Å²) in [6.45, 7) is 0. The molecule has 0 saturated carbocycles. The van der Waals surface area contributed by atoms with Crippen molar-refractivity contribution in [2.24, 2.45) is 0 Å². The molecule has 4 heterocycles. The van der Waals surface area contributed by atoms with Crippen LogP contribution < -0.4 is 21.3 Å². The monoisotopic (exact) mass is 1800 g/mol. The number of para-hydroxylation sites is 2. The van der Waals surface area contributed by atoms with Crippen LogP contribution in [-0.4, -0.2) is 0 Å². The molecule has 8 heteroatoms. The Hall–Kier alpha value is -18.8. The van der Waals surface area contributed by atoms with Crippen LogP contribution in [0.4, 0.5) is 45.5 Å². The predicted octanol–water partition coefficient (Wildman–Crippen LogP) is 38.3. The van der Waals surface area contributed by atoms with Crippen molar-refractivity contribution in [3.63, 3.8) is 0 Å². The minimum atomic E-state index is -0.536. The van der Waals surface area contributed by atoms with Crippen LogP contribution in [0.15, 0.2) is 515 Å². The molecule has 0 fully saturated rings. The maximum Gasteiger partial charge on any atom is 0.158 e. The molecule has 0 unspecified atom stereocenters. The molecular formula is C132H86N4O4. The van der Waals surface area contributed by atoms with Gasteiger partial charge in [0.25, 0.3) is 0 Å². The van der Waals surface area contributed by atoms with Gasteiger partial charge in [-0.15, -0.1) is 0 Å². The first-order chi connectivity index (χ1) is 73.5. The molecule has 4 aromatic heterocycles. The standard InChI is InChI=1S/2C34H23NO.C32H19NO.C32H21NO/c1-3-9-23(10-4-1)26-19-27(24-11-5-2-6-12-24)21-29(20-26)35-28-16-18-31-32-17-15-25-13-7-8-14-30(25)34(32)36-33(31)22-28;1-2-8-23(9-3-1)26-11-6-12-27(22-26)24-16-19-28(20-17-24)35-32-15-7-14-30-31-21-18-25-10-4-5-13-29(25)33(31)36-34(30)32;1-2-8-23-19(5-1)13-16-25-24-9-4-10-28(32(24)34-31(23)25)33-27-18-15-22-12-11-20-6-3-7-21-14-17-26(27)30(22)29(20)21;1-2-9-22(10-3-1)27-20-29-28-19-23(33-30-16-8-12-21-11-4-5-13-24(21)30)17-18-31(28)34-32(29)26-15-7-6-14-25(26)27/h2*1-22,35H;1-18,33H;1-20,33H/i1D,2D,3D,4D,5D,6D,9D,10D,11D,12D;;;. The van der Waals surface area contributed by atoms with Crippen LogP contribution in [0.3, 0.4) is 0 Å². The fourth-order valence-electron chi connectivity index (χ4n) is 20.2. The average Bonchev–Trinajstić information content (AvgIpc) is 1.38. The SMILES string of the molecule is [2H]c1c([2H])c([2H])c(-c2cc(Nc3ccc4c(c3)oc3c5ccccc5ccc43)cc(-c3c([2H])c([2H])c([2H])c([2H])c3[2H])c2)c([2H])c1[2H].c1ccc(-c2cc3c4cc(Nc5cccc6ccccc56)ccc4oc3c3ccccc23)cc1.c1ccc(-c2cccc(-c3ccc(Nc4cccc5c4oc4c6ccccc6ccc54)cc3)c2)cc1.c1ccc2c(c1)ccc1c3cccc(Nc4ccc5ccc6cccc7ccc4c5c67)c3oc21. The van der Waals surface area contributed by atoms with E-state index in [1.165, 1.54) is 98.7 Å². The molecule has 0 aliphatic heterocycles. The van der Waals surface area contributed by atoms with E-state index in [0.29, 0.717) is 17.0 Å². The Kier molecular flexibility index (Phi) is 17.9. The Bertz CT molecular complexity index is 10400. The van der Waals surface area contributed by atoms with Crippen molar-refractivity contribution in [1.82, 2.24) is 0 Å². The highest BCUT2D eigenvalue weighted by Crippen LogP contribution is 2.47. The van der Waals surface area contributed by atoms with Crippen LogP contribution in [0.5, 0.6) is 0 Å². The molecule has 4 N–H and O–H groups in total. The second-order valence-corrected chi connectivity index (χ2v) is 35.2. The molecule has 0 bridgehead atoms. The molecule has 29 aromatic rings. The minimum Gasteiger partial charge on any atom is -0.455 e. The Labute approximate surface area is 819 Å². The van der Waals surface area contributed by atoms with Gasteiger partial charge in [0.1, 0.15) is 33.5 Å². The maximum atomic E-state index is 8.56. The zero-order valence-corrected chi connectivity index (χ0v) is 75.2. The summed E-state index contributed by atoms with van der Waals surface area (Å²) < 4.78 is 109. The van der Waals surface area contributed by atoms with E-state index in [2.05, 4.69) is 379 Å². The summed E-state index contributed by atoms with van der Waals surface area (Å²) in [5.74, 6) is 0. The molecule has 0 radical (unpaired) electrons. The molecule has 0 amide bonds. The van der Waals surface area contributed by atoms with Gasteiger partial charge in [0.2, 0.25) is 0 Å². The van der Waals surface area contributed by atoms with Gasteiger partial charge in [-0.2, -0.15) is 0 Å². The zero-order chi connectivity index (χ0) is 101. The number of benzene rings is 25. The van der Waals surface area contributed by atoms with Gasteiger partial charge in [-0.25, -0.2) is 0 Å². The molecule has 0 saturated heterocycles. The molecular weight excluding hydrogens is 1710 g/mol. The quantitative estimate of drug-likeness (QED) is 0.0848. The zero-order valence-electron chi connectivity index (χ0n) is 85.2. The normalized spacial score (nSPS) is 12.6. The molecule has 658 valence electrons. The lowest BCUT2D eigenvalue weighted by Gasteiger charge is -2.15. The van der Waals surface area contributed by atoms with Crippen molar-refractivity contribution in [3.05, 3.63) is 497 Å². The minimum absolute atomic E-state index is 0.0807. The highest BCUT2D eigenvalue weighted by Gasteiger charge is 2.22. The van der Waals surface area contributed by atoms with Gasteiger partial charge in [-0.05, 0) is 225 Å². The first-order valence-corrected chi connectivity index (χ1v) is 46.7. The summed E-state index contributed by atoms with van der Waals surface area (Å²) in [6, 6.07) is 146. The van der Waals surface area contributed by atoms with Crippen LogP contribution >= 0.6 is 0 Å². The molecule has 0 aliphatic carbocycles. The second-order valence-electron chi connectivity index (χ2n) is 35.2. The second kappa shape index (κ2) is 34.9. The summed E-state index contributed by atoms with van der Waals surface area (Å²) in [6.07, 6.45) is 0. The van der Waals surface area contributed by atoms with Crippen molar-refractivity contribution < 1.29 is 31.4 Å². The van der Waals surface area contributed by atoms with E-state index in [4.69, 9.17) is 31.4 Å². The van der Waals surface area contributed by atoms with Gasteiger partial charge in [-0.1, -0.05) is 376 Å². The summed E-state index contributed by atoms with van der Waals surface area (Å²) in [5, 5.41) is 42.0. The van der Waals surface area contributed by atoms with Crippen molar-refractivity contribution in [2.45, 2.75) is 0 Å². The van der Waals surface area contributed by atoms with E-state index in [1.54, 1.807) is 12.1 Å². The summed E-state index contributed by atoms with van der Waals surface area (Å²) >= 11 is 0. The Morgan fingerprint density at radius 2 is 0.536 bits per heavy atom. The fourth-order valence-corrected chi connectivity index (χ4v) is 20.2. The van der Waals surface area contributed by atoms with E-state index in [0.717, 1.165) is 143 Å². The third-order valence-corrected chi connectivity index (χ3v) is 26.8. The number of hydrogen-bond donors (Lipinski definition) is 4. The lowest BCUT2D eigenvalue weighted by atomic mass is 9.93. The highest BCUT2D eigenvalue weighted by molar-refractivity contribution is 6.27. The molecule has 140 heavy (non-hydrogen) atoms. The van der Waals surface area contributed by atoms with Gasteiger partial charge in [0, 0.05) is 116 Å². The van der Waals surface area contributed by atoms with E-state index >= 15 is 0 Å². The van der Waals surface area contributed by atoms with Gasteiger partial charge in [-0.3, -0.25) is 0 Å². The van der Waals surface area contributed by atoms with Crippen molar-refractivity contribution in [1.29, 1.82) is 0 Å². The number of fused-ring (bicyclic) bond motifs is 21. The molecule has 25 aromatic carbocycles. The smallest absolute Gasteiger partial charge is 0.158 e. The number of hydrogen-bond acceptors (Lipinski definition) is 8. The van der Waals surface area contributed by atoms with Crippen LogP contribution in [0.2, 0.25) is 0 Å². The topological polar surface area (TPSA) is 101 Å². The van der Waals surface area contributed by atoms with Crippen molar-refractivity contribution in [3.8, 4) is 55.6 Å². The average molecular weight is 1800 g/mol. The number of rotatable bonds is 13. The lowest BCUT2D eigenvalue weighted by molar-refractivity contribution is 0.672. The van der Waals surface area contributed by atoms with Gasteiger partial charge < -0.3 is 38.9 Å².